The van der Waals surface area contributed by atoms with Gasteiger partial charge in [-0.2, -0.15) is 0 Å². The van der Waals surface area contributed by atoms with Crippen molar-refractivity contribution in [1.82, 2.24) is 10.3 Å². The van der Waals surface area contributed by atoms with Gasteiger partial charge in [-0.25, -0.2) is 4.98 Å². The molecule has 0 saturated heterocycles. The normalized spacial score (nSPS) is 12.4. The average molecular weight is 253 g/mol. The summed E-state index contributed by atoms with van der Waals surface area (Å²) >= 11 is 0. The van der Waals surface area contributed by atoms with E-state index in [9.17, 15) is 0 Å². The van der Waals surface area contributed by atoms with Gasteiger partial charge in [-0.05, 0) is 25.6 Å². The zero-order chi connectivity index (χ0) is 13.4. The molecule has 5 heteroatoms. The van der Waals surface area contributed by atoms with Crippen molar-refractivity contribution in [2.75, 3.05) is 45.4 Å². The molecule has 1 heterocycles. The highest BCUT2D eigenvalue weighted by Crippen LogP contribution is 2.15. The van der Waals surface area contributed by atoms with E-state index in [1.54, 1.807) is 7.11 Å². The van der Waals surface area contributed by atoms with E-state index in [1.165, 1.54) is 0 Å². The largest absolute Gasteiger partial charge is 0.395 e. The van der Waals surface area contributed by atoms with Crippen LogP contribution in [0.15, 0.2) is 18.3 Å². The van der Waals surface area contributed by atoms with Crippen molar-refractivity contribution >= 4 is 5.82 Å². The maximum atomic E-state index is 9.06. The molecular weight excluding hydrogens is 230 g/mol. The number of hydrogen-bond donors (Lipinski definition) is 2. The number of pyridine rings is 1. The molecule has 2 N–H and O–H groups in total. The van der Waals surface area contributed by atoms with Crippen LogP contribution in [0.25, 0.3) is 0 Å². The summed E-state index contributed by atoms with van der Waals surface area (Å²) in [5, 5.41) is 12.2. The van der Waals surface area contributed by atoms with Crippen LogP contribution in [0.4, 0.5) is 5.82 Å². The zero-order valence-electron chi connectivity index (χ0n) is 11.4. The van der Waals surface area contributed by atoms with Gasteiger partial charge >= 0.3 is 0 Å². The van der Waals surface area contributed by atoms with Gasteiger partial charge in [0.15, 0.2) is 0 Å². The molecule has 1 aromatic rings. The van der Waals surface area contributed by atoms with Gasteiger partial charge in [0, 0.05) is 32.4 Å². The second-order valence-electron chi connectivity index (χ2n) is 4.16. The predicted octanol–water partition coefficient (Wildman–Crippen LogP) is 0.807. The van der Waals surface area contributed by atoms with Crippen LogP contribution >= 0.6 is 0 Å². The fourth-order valence-electron chi connectivity index (χ4n) is 1.67. The Morgan fingerprint density at radius 2 is 2.22 bits per heavy atom. The lowest BCUT2D eigenvalue weighted by molar-refractivity contribution is 0.202. The van der Waals surface area contributed by atoms with Gasteiger partial charge < -0.3 is 20.1 Å². The number of rotatable bonds is 8. The van der Waals surface area contributed by atoms with Gasteiger partial charge in [0.1, 0.15) is 5.82 Å². The summed E-state index contributed by atoms with van der Waals surface area (Å²) in [6, 6.07) is 4.33. The molecule has 1 atom stereocenters. The van der Waals surface area contributed by atoms with Crippen molar-refractivity contribution in [3.05, 3.63) is 23.9 Å². The fourth-order valence-corrected chi connectivity index (χ4v) is 1.67. The van der Waals surface area contributed by atoms with E-state index in [0.29, 0.717) is 13.2 Å². The first-order valence-corrected chi connectivity index (χ1v) is 6.21. The highest BCUT2D eigenvalue weighted by atomic mass is 16.5. The number of aliphatic hydroxyl groups is 1. The predicted molar refractivity (Wildman–Crippen MR) is 72.9 cm³/mol. The zero-order valence-corrected chi connectivity index (χ0v) is 11.4. The average Bonchev–Trinajstić information content (AvgIpc) is 2.43. The van der Waals surface area contributed by atoms with E-state index in [-0.39, 0.29) is 12.6 Å². The van der Waals surface area contributed by atoms with E-state index in [0.717, 1.165) is 17.9 Å². The maximum Gasteiger partial charge on any atom is 0.128 e. The molecule has 1 unspecified atom stereocenters. The molecule has 18 heavy (non-hydrogen) atoms. The van der Waals surface area contributed by atoms with E-state index in [2.05, 4.69) is 23.3 Å². The lowest BCUT2D eigenvalue weighted by atomic mass is 10.1. The van der Waals surface area contributed by atoms with E-state index < -0.39 is 0 Å². The Morgan fingerprint density at radius 1 is 1.44 bits per heavy atom. The van der Waals surface area contributed by atoms with Gasteiger partial charge in [-0.15, -0.1) is 0 Å². The monoisotopic (exact) mass is 253 g/mol. The van der Waals surface area contributed by atoms with Crippen molar-refractivity contribution in [3.8, 4) is 0 Å². The highest BCUT2D eigenvalue weighted by Gasteiger charge is 2.08. The Bertz CT molecular complexity index is 330. The number of methoxy groups -OCH3 is 1. The minimum Gasteiger partial charge on any atom is -0.395 e. The van der Waals surface area contributed by atoms with Gasteiger partial charge in [0.2, 0.25) is 0 Å². The van der Waals surface area contributed by atoms with E-state index in [1.807, 2.05) is 24.2 Å². The van der Waals surface area contributed by atoms with Crippen LogP contribution in [0.3, 0.4) is 0 Å². The third-order valence-corrected chi connectivity index (χ3v) is 2.96. The number of aromatic nitrogens is 1. The van der Waals surface area contributed by atoms with Crippen molar-refractivity contribution in [2.45, 2.75) is 13.0 Å². The van der Waals surface area contributed by atoms with Gasteiger partial charge in [-0.1, -0.05) is 6.07 Å². The first kappa shape index (κ1) is 14.9. The van der Waals surface area contributed by atoms with Crippen molar-refractivity contribution < 1.29 is 9.84 Å². The van der Waals surface area contributed by atoms with Crippen LogP contribution < -0.4 is 10.2 Å². The third kappa shape index (κ3) is 4.25. The van der Waals surface area contributed by atoms with Crippen LogP contribution in [0.5, 0.6) is 0 Å². The molecular formula is C13H23N3O2. The number of ether oxygens (including phenoxy) is 1. The van der Waals surface area contributed by atoms with Gasteiger partial charge in [0.05, 0.1) is 13.2 Å². The molecule has 0 aromatic carbocycles. The Kier molecular flexibility index (Phi) is 6.64. The van der Waals surface area contributed by atoms with Crippen molar-refractivity contribution in [2.24, 2.45) is 0 Å². The second-order valence-corrected chi connectivity index (χ2v) is 4.16. The lowest BCUT2D eigenvalue weighted by Gasteiger charge is -2.23. The second kappa shape index (κ2) is 8.02. The molecule has 0 aliphatic carbocycles. The summed E-state index contributed by atoms with van der Waals surface area (Å²) in [4.78, 5) is 6.45. The molecule has 0 spiro atoms. The van der Waals surface area contributed by atoms with Gasteiger partial charge in [-0.3, -0.25) is 0 Å². The number of nitrogens with zero attached hydrogens (tertiary/aromatic N) is 2. The standard InChI is InChI=1S/C13H23N3O2/c1-11(14-2)12-4-5-13(15-10-12)16(6-8-17)7-9-18-3/h4-5,10-11,14,17H,6-9H2,1-3H3. The number of hydrogen-bond acceptors (Lipinski definition) is 5. The van der Waals surface area contributed by atoms with Crippen LogP contribution in [0.2, 0.25) is 0 Å². The van der Waals surface area contributed by atoms with Crippen LogP contribution in [0.1, 0.15) is 18.5 Å². The Labute approximate surface area is 109 Å². The molecule has 0 aliphatic rings. The smallest absolute Gasteiger partial charge is 0.128 e. The summed E-state index contributed by atoms with van der Waals surface area (Å²) in [6.07, 6.45) is 1.87. The summed E-state index contributed by atoms with van der Waals surface area (Å²) in [7, 11) is 3.59. The summed E-state index contributed by atoms with van der Waals surface area (Å²) in [6.45, 7) is 4.12. The molecule has 0 saturated carbocycles. The first-order valence-electron chi connectivity index (χ1n) is 6.21. The number of nitrogens with one attached hydrogen (secondary N) is 1. The minimum absolute atomic E-state index is 0.111. The van der Waals surface area contributed by atoms with Gasteiger partial charge in [0.25, 0.3) is 0 Å². The molecule has 1 aromatic heterocycles. The maximum absolute atomic E-state index is 9.06. The number of aliphatic hydroxyl groups excluding tert-OH is 1. The third-order valence-electron chi connectivity index (χ3n) is 2.96. The van der Waals surface area contributed by atoms with E-state index >= 15 is 0 Å². The van der Waals surface area contributed by atoms with Crippen molar-refractivity contribution in [1.29, 1.82) is 0 Å². The van der Waals surface area contributed by atoms with Crippen LogP contribution in [-0.4, -0.2) is 50.6 Å². The molecule has 0 aliphatic heterocycles. The first-order chi connectivity index (χ1) is 8.72. The molecule has 102 valence electrons. The Balaban J connectivity index is 2.73. The number of anilines is 1. The van der Waals surface area contributed by atoms with Crippen molar-refractivity contribution in [3.63, 3.8) is 0 Å². The quantitative estimate of drug-likeness (QED) is 0.718. The van der Waals surface area contributed by atoms with Crippen LogP contribution in [-0.2, 0) is 4.74 Å². The Morgan fingerprint density at radius 3 is 2.72 bits per heavy atom. The summed E-state index contributed by atoms with van der Waals surface area (Å²) in [5.74, 6) is 0.869. The molecule has 1 rings (SSSR count). The summed E-state index contributed by atoms with van der Waals surface area (Å²) < 4.78 is 5.06. The van der Waals surface area contributed by atoms with Crippen LogP contribution in [0, 0.1) is 0 Å². The molecule has 5 nitrogen and oxygen atoms in total. The fraction of sp³-hybridized carbons (Fsp3) is 0.615. The molecule has 0 amide bonds. The molecule has 0 bridgehead atoms. The topological polar surface area (TPSA) is 57.6 Å². The minimum atomic E-state index is 0.111. The lowest BCUT2D eigenvalue weighted by Crippen LogP contribution is -2.30. The molecule has 0 radical (unpaired) electrons. The Hall–Kier alpha value is -1.17. The summed E-state index contributed by atoms with van der Waals surface area (Å²) in [5.41, 5.74) is 1.15. The molecule has 0 fully saturated rings. The van der Waals surface area contributed by atoms with E-state index in [4.69, 9.17) is 9.84 Å². The SMILES string of the molecule is CNC(C)c1ccc(N(CCO)CCOC)nc1. The highest BCUT2D eigenvalue weighted by molar-refractivity contribution is 5.39.